The van der Waals surface area contributed by atoms with Gasteiger partial charge in [-0.05, 0) is 24.0 Å². The second-order valence-electron chi connectivity index (χ2n) is 5.36. The van der Waals surface area contributed by atoms with E-state index in [0.29, 0.717) is 24.7 Å². The molecule has 1 N–H and O–H groups in total. The van der Waals surface area contributed by atoms with Crippen molar-refractivity contribution in [2.24, 2.45) is 0 Å². The number of hydrogen-bond acceptors (Lipinski definition) is 3. The fraction of sp³-hybridized carbons (Fsp3) is 0.467. The van der Waals surface area contributed by atoms with E-state index < -0.39 is 12.0 Å². The molecule has 0 unspecified atom stereocenters. The van der Waals surface area contributed by atoms with E-state index in [1.807, 2.05) is 12.1 Å². The van der Waals surface area contributed by atoms with Crippen molar-refractivity contribution in [2.45, 2.75) is 18.9 Å². The third-order valence-corrected chi connectivity index (χ3v) is 5.12. The maximum atomic E-state index is 12.6. The molecule has 6 heteroatoms. The zero-order valence-corrected chi connectivity index (χ0v) is 12.5. The van der Waals surface area contributed by atoms with E-state index >= 15 is 0 Å². The number of thioether (sulfide) groups is 1. The number of amides is 2. The molecule has 0 aliphatic carbocycles. The highest BCUT2D eigenvalue weighted by Gasteiger charge is 2.36. The Hall–Kier alpha value is -1.69. The van der Waals surface area contributed by atoms with Crippen LogP contribution in [0.2, 0.25) is 0 Å². The van der Waals surface area contributed by atoms with Crippen molar-refractivity contribution in [1.82, 2.24) is 9.80 Å². The number of fused-ring (bicyclic) bond motifs is 1. The first-order chi connectivity index (χ1) is 10.2. The molecule has 0 bridgehead atoms. The second-order valence-corrected chi connectivity index (χ2v) is 6.36. The molecule has 21 heavy (non-hydrogen) atoms. The summed E-state index contributed by atoms with van der Waals surface area (Å²) in [7, 11) is 0. The van der Waals surface area contributed by atoms with E-state index in [0.717, 1.165) is 12.8 Å². The maximum absolute atomic E-state index is 12.6. The fourth-order valence-electron chi connectivity index (χ4n) is 2.88. The molecule has 1 fully saturated rings. The van der Waals surface area contributed by atoms with Gasteiger partial charge in [-0.15, -0.1) is 11.8 Å². The van der Waals surface area contributed by atoms with Gasteiger partial charge in [-0.1, -0.05) is 24.3 Å². The summed E-state index contributed by atoms with van der Waals surface area (Å²) in [4.78, 5) is 27.1. The molecule has 2 aliphatic heterocycles. The molecule has 5 nitrogen and oxygen atoms in total. The van der Waals surface area contributed by atoms with Crippen LogP contribution in [0.25, 0.3) is 0 Å². The maximum Gasteiger partial charge on any atom is 0.327 e. The van der Waals surface area contributed by atoms with Crippen LogP contribution in [0, 0.1) is 0 Å². The summed E-state index contributed by atoms with van der Waals surface area (Å²) in [5.74, 6) is 0.0421. The van der Waals surface area contributed by atoms with Crippen LogP contribution in [0.4, 0.5) is 4.79 Å². The van der Waals surface area contributed by atoms with Gasteiger partial charge in [0.05, 0.1) is 5.88 Å². The number of carbonyl (C=O) groups is 2. The zero-order valence-electron chi connectivity index (χ0n) is 11.7. The molecular weight excluding hydrogens is 288 g/mol. The molecule has 0 saturated carbocycles. The number of carboxylic acids is 1. The van der Waals surface area contributed by atoms with Crippen LogP contribution in [-0.4, -0.2) is 57.7 Å². The monoisotopic (exact) mass is 306 g/mol. The third kappa shape index (κ3) is 2.85. The molecule has 1 aromatic rings. The molecule has 1 aromatic carbocycles. The van der Waals surface area contributed by atoms with Gasteiger partial charge >= 0.3 is 12.0 Å². The number of urea groups is 1. The van der Waals surface area contributed by atoms with Gasteiger partial charge in [0.2, 0.25) is 0 Å². The summed E-state index contributed by atoms with van der Waals surface area (Å²) in [6, 6.07) is 7.43. The summed E-state index contributed by atoms with van der Waals surface area (Å²) in [5, 5.41) is 9.20. The van der Waals surface area contributed by atoms with Crippen molar-refractivity contribution in [3.63, 3.8) is 0 Å². The normalized spacial score (nSPS) is 21.8. The molecule has 2 heterocycles. The minimum atomic E-state index is -0.911. The van der Waals surface area contributed by atoms with Crippen molar-refractivity contribution in [3.05, 3.63) is 35.4 Å². The largest absolute Gasteiger partial charge is 0.480 e. The van der Waals surface area contributed by atoms with Gasteiger partial charge in [0.1, 0.15) is 6.04 Å². The zero-order chi connectivity index (χ0) is 14.8. The summed E-state index contributed by atoms with van der Waals surface area (Å²) in [6.07, 6.45) is 1.67. The first-order valence-corrected chi connectivity index (χ1v) is 8.25. The van der Waals surface area contributed by atoms with Crippen LogP contribution in [0.1, 0.15) is 11.1 Å². The van der Waals surface area contributed by atoms with Crippen LogP contribution in [0.5, 0.6) is 0 Å². The Kier molecular flexibility index (Phi) is 4.05. The molecule has 0 aromatic heterocycles. The number of benzene rings is 1. The summed E-state index contributed by atoms with van der Waals surface area (Å²) < 4.78 is 0. The Morgan fingerprint density at radius 3 is 2.33 bits per heavy atom. The number of aliphatic carboxylic acids is 1. The van der Waals surface area contributed by atoms with E-state index in [4.69, 9.17) is 0 Å². The molecule has 2 aliphatic rings. The van der Waals surface area contributed by atoms with Gasteiger partial charge in [-0.2, -0.15) is 0 Å². The van der Waals surface area contributed by atoms with Crippen molar-refractivity contribution in [3.8, 4) is 0 Å². The second kappa shape index (κ2) is 5.97. The van der Waals surface area contributed by atoms with Crippen molar-refractivity contribution in [1.29, 1.82) is 0 Å². The van der Waals surface area contributed by atoms with Crippen molar-refractivity contribution >= 4 is 23.8 Å². The molecule has 0 spiro atoms. The molecule has 3 rings (SSSR count). The van der Waals surface area contributed by atoms with Gasteiger partial charge in [-0.25, -0.2) is 9.59 Å². The van der Waals surface area contributed by atoms with Crippen LogP contribution in [-0.2, 0) is 17.6 Å². The van der Waals surface area contributed by atoms with E-state index in [9.17, 15) is 14.7 Å². The third-order valence-electron chi connectivity index (χ3n) is 4.10. The standard InChI is InChI=1S/C15H18N2O3S/c18-14(19)13-9-21-10-17(13)15(20)16-7-5-11-3-1-2-4-12(11)6-8-16/h1-4,13H,5-10H2,(H,18,19)/t13-/m0/s1. The van der Waals surface area contributed by atoms with Gasteiger partial charge < -0.3 is 14.9 Å². The average molecular weight is 306 g/mol. The summed E-state index contributed by atoms with van der Waals surface area (Å²) >= 11 is 1.50. The predicted molar refractivity (Wildman–Crippen MR) is 81.4 cm³/mol. The molecule has 0 radical (unpaired) electrons. The molecular formula is C15H18N2O3S. The van der Waals surface area contributed by atoms with Gasteiger partial charge in [0.15, 0.2) is 0 Å². The lowest BCUT2D eigenvalue weighted by atomic mass is 10.0. The smallest absolute Gasteiger partial charge is 0.327 e. The number of rotatable bonds is 1. The minimum Gasteiger partial charge on any atom is -0.480 e. The highest BCUT2D eigenvalue weighted by atomic mass is 32.2. The van der Waals surface area contributed by atoms with E-state index in [2.05, 4.69) is 12.1 Å². The minimum absolute atomic E-state index is 0.139. The number of carboxylic acid groups (broad SMARTS) is 1. The van der Waals surface area contributed by atoms with Crippen molar-refractivity contribution in [2.75, 3.05) is 24.7 Å². The van der Waals surface area contributed by atoms with Crippen LogP contribution >= 0.6 is 11.8 Å². The lowest BCUT2D eigenvalue weighted by Gasteiger charge is -2.28. The number of hydrogen-bond donors (Lipinski definition) is 1. The highest BCUT2D eigenvalue weighted by Crippen LogP contribution is 2.24. The highest BCUT2D eigenvalue weighted by molar-refractivity contribution is 7.99. The lowest BCUT2D eigenvalue weighted by Crippen LogP contribution is -2.49. The van der Waals surface area contributed by atoms with Crippen LogP contribution in [0.15, 0.2) is 24.3 Å². The van der Waals surface area contributed by atoms with Crippen molar-refractivity contribution < 1.29 is 14.7 Å². The molecule has 1 saturated heterocycles. The summed E-state index contributed by atoms with van der Waals surface area (Å²) in [5.41, 5.74) is 2.58. The Bertz CT molecular complexity index is 537. The topological polar surface area (TPSA) is 60.9 Å². The quantitative estimate of drug-likeness (QED) is 0.857. The molecule has 2 amide bonds. The number of carbonyl (C=O) groups excluding carboxylic acids is 1. The van der Waals surface area contributed by atoms with E-state index in [1.54, 1.807) is 4.90 Å². The first-order valence-electron chi connectivity index (χ1n) is 7.09. The average Bonchev–Trinajstić information content (AvgIpc) is 2.88. The Morgan fingerprint density at radius 1 is 1.14 bits per heavy atom. The predicted octanol–water partition coefficient (Wildman–Crippen LogP) is 1.67. The Balaban J connectivity index is 1.71. The van der Waals surface area contributed by atoms with Gasteiger partial charge in [0, 0.05) is 18.8 Å². The van der Waals surface area contributed by atoms with Gasteiger partial charge in [-0.3, -0.25) is 0 Å². The van der Waals surface area contributed by atoms with Crippen LogP contribution < -0.4 is 0 Å². The first kappa shape index (κ1) is 14.3. The lowest BCUT2D eigenvalue weighted by molar-refractivity contribution is -0.140. The molecule has 1 atom stereocenters. The Morgan fingerprint density at radius 2 is 1.76 bits per heavy atom. The van der Waals surface area contributed by atoms with Gasteiger partial charge in [0.25, 0.3) is 0 Å². The fourth-order valence-corrected chi connectivity index (χ4v) is 4.01. The number of nitrogens with zero attached hydrogens (tertiary/aromatic N) is 2. The van der Waals surface area contributed by atoms with E-state index in [1.165, 1.54) is 27.8 Å². The Labute approximate surface area is 127 Å². The summed E-state index contributed by atoms with van der Waals surface area (Å²) in [6.45, 7) is 1.31. The molecule has 112 valence electrons. The van der Waals surface area contributed by atoms with Crippen LogP contribution in [0.3, 0.4) is 0 Å². The SMILES string of the molecule is O=C(O)[C@@H]1CSCN1C(=O)N1CCc2ccccc2CC1. The van der Waals surface area contributed by atoms with E-state index in [-0.39, 0.29) is 6.03 Å².